The van der Waals surface area contributed by atoms with E-state index in [0.29, 0.717) is 46.3 Å². The number of aryl methyl sites for hydroxylation is 3. The van der Waals surface area contributed by atoms with E-state index < -0.39 is 12.1 Å². The molecule has 0 unspecified atom stereocenters. The molecule has 1 aliphatic rings. The van der Waals surface area contributed by atoms with Crippen molar-refractivity contribution in [1.29, 1.82) is 0 Å². The van der Waals surface area contributed by atoms with Crippen LogP contribution < -0.4 is 35.6 Å². The summed E-state index contributed by atoms with van der Waals surface area (Å²) in [4.78, 5) is 43.9. The molecule has 0 fully saturated rings. The molecule has 40 heavy (non-hydrogen) atoms. The second-order valence-corrected chi connectivity index (χ2v) is 10.8. The molecule has 1 heterocycles. The van der Waals surface area contributed by atoms with E-state index >= 15 is 0 Å². The van der Waals surface area contributed by atoms with Crippen molar-refractivity contribution in [3.05, 3.63) is 56.2 Å². The van der Waals surface area contributed by atoms with Crippen LogP contribution in [0.2, 0.25) is 0 Å². The van der Waals surface area contributed by atoms with E-state index in [4.69, 9.17) is 14.2 Å². The molecule has 10 nitrogen and oxygen atoms in total. The molecule has 3 aromatic rings. The smallest absolute Gasteiger partial charge is 0.248 e. The number of methoxy groups -OCH3 is 3. The first kappa shape index (κ1) is 28.9. The van der Waals surface area contributed by atoms with Gasteiger partial charge in [-0.3, -0.25) is 14.4 Å². The van der Waals surface area contributed by atoms with Gasteiger partial charge >= 0.3 is 0 Å². The SMILES string of the molecule is COc1cc2c(c(OC)c1OC)-c1ccc(N[C@@H](C)C(=O)Nc3nc(C)c(C)s3)c(=O)cc1[C@@H](NC(C)=O)CC2. The summed E-state index contributed by atoms with van der Waals surface area (Å²) in [6, 6.07) is 5.73. The van der Waals surface area contributed by atoms with Crippen LogP contribution in [-0.2, 0) is 16.0 Å². The summed E-state index contributed by atoms with van der Waals surface area (Å²) in [6.45, 7) is 6.95. The lowest BCUT2D eigenvalue weighted by molar-refractivity contribution is -0.119. The Bertz CT molecular complexity index is 1500. The first-order valence-corrected chi connectivity index (χ1v) is 13.7. The molecule has 2 amide bonds. The van der Waals surface area contributed by atoms with Gasteiger partial charge in [-0.15, -0.1) is 11.3 Å². The minimum atomic E-state index is -0.725. The number of nitrogens with zero attached hydrogens (tertiary/aromatic N) is 1. The van der Waals surface area contributed by atoms with E-state index in [1.54, 1.807) is 27.2 Å². The molecule has 11 heteroatoms. The molecule has 0 aliphatic heterocycles. The Morgan fingerprint density at radius 3 is 2.40 bits per heavy atom. The highest BCUT2D eigenvalue weighted by atomic mass is 32.1. The minimum absolute atomic E-state index is 0.209. The van der Waals surface area contributed by atoms with Gasteiger partial charge in [0.05, 0.1) is 38.8 Å². The van der Waals surface area contributed by atoms with Crippen LogP contribution >= 0.6 is 11.3 Å². The molecule has 2 atom stereocenters. The Morgan fingerprint density at radius 2 is 1.80 bits per heavy atom. The predicted octanol–water partition coefficient (Wildman–Crippen LogP) is 4.38. The number of fused-ring (bicyclic) bond motifs is 3. The van der Waals surface area contributed by atoms with Gasteiger partial charge in [-0.1, -0.05) is 6.07 Å². The number of benzene rings is 1. The molecule has 3 N–H and O–H groups in total. The summed E-state index contributed by atoms with van der Waals surface area (Å²) in [6.07, 6.45) is 1.15. The summed E-state index contributed by atoms with van der Waals surface area (Å²) < 4.78 is 17.0. The normalized spacial score (nSPS) is 14.6. The molecule has 0 bridgehead atoms. The van der Waals surface area contributed by atoms with E-state index in [0.717, 1.165) is 21.7 Å². The second-order valence-electron chi connectivity index (χ2n) is 9.61. The van der Waals surface area contributed by atoms with Gasteiger partial charge in [-0.2, -0.15) is 0 Å². The van der Waals surface area contributed by atoms with E-state index in [9.17, 15) is 14.4 Å². The van der Waals surface area contributed by atoms with Crippen molar-refractivity contribution in [1.82, 2.24) is 10.3 Å². The summed E-state index contributed by atoms with van der Waals surface area (Å²) in [5.41, 5.74) is 3.81. The molecular weight excluding hydrogens is 532 g/mol. The van der Waals surface area contributed by atoms with Gasteiger partial charge in [-0.05, 0) is 68.5 Å². The summed E-state index contributed by atoms with van der Waals surface area (Å²) in [7, 11) is 4.65. The van der Waals surface area contributed by atoms with Gasteiger partial charge in [0.1, 0.15) is 6.04 Å². The Kier molecular flexibility index (Phi) is 8.63. The third-order valence-electron chi connectivity index (χ3n) is 6.94. The van der Waals surface area contributed by atoms with Crippen molar-refractivity contribution in [2.45, 2.75) is 52.6 Å². The molecule has 4 rings (SSSR count). The lowest BCUT2D eigenvalue weighted by Crippen LogP contribution is -2.33. The average molecular weight is 567 g/mol. The number of ether oxygens (including phenoxy) is 3. The van der Waals surface area contributed by atoms with Gasteiger partial charge in [0, 0.05) is 17.4 Å². The van der Waals surface area contributed by atoms with Crippen molar-refractivity contribution in [2.75, 3.05) is 32.0 Å². The van der Waals surface area contributed by atoms with Crippen molar-refractivity contribution < 1.29 is 23.8 Å². The van der Waals surface area contributed by atoms with E-state index in [-0.39, 0.29) is 22.9 Å². The highest BCUT2D eigenvalue weighted by Crippen LogP contribution is 2.50. The Morgan fingerprint density at radius 1 is 1.07 bits per heavy atom. The number of hydrogen-bond acceptors (Lipinski definition) is 9. The highest BCUT2D eigenvalue weighted by molar-refractivity contribution is 7.15. The van der Waals surface area contributed by atoms with Crippen molar-refractivity contribution >= 4 is 34.0 Å². The standard InChI is InChI=1S/C29H34N4O6S/c1-14-16(3)40-29(31-14)33-28(36)15(2)30-22-11-9-19-20(13-23(22)35)21(32-17(4)34)10-8-18-12-24(37-5)26(38-6)27(39-7)25(18)19/h9,11-13,15,21H,8,10H2,1-7H3,(H,30,35)(H,32,34)(H,31,33,36)/t15-,21-/m0/s1. The molecule has 0 radical (unpaired) electrons. The fraction of sp³-hybridized carbons (Fsp3) is 0.379. The Labute approximate surface area is 237 Å². The summed E-state index contributed by atoms with van der Waals surface area (Å²) in [5, 5.41) is 9.35. The number of aromatic nitrogens is 1. The van der Waals surface area contributed by atoms with Crippen LogP contribution in [-0.4, -0.2) is 44.2 Å². The predicted molar refractivity (Wildman–Crippen MR) is 156 cm³/mol. The van der Waals surface area contributed by atoms with Crippen LogP contribution in [0, 0.1) is 13.8 Å². The van der Waals surface area contributed by atoms with Crippen LogP contribution in [0.15, 0.2) is 29.1 Å². The van der Waals surface area contributed by atoms with Gasteiger partial charge in [0.2, 0.25) is 23.0 Å². The number of thiazole rings is 1. The lowest BCUT2D eigenvalue weighted by Gasteiger charge is -2.19. The first-order chi connectivity index (χ1) is 19.1. The highest BCUT2D eigenvalue weighted by Gasteiger charge is 2.29. The zero-order chi connectivity index (χ0) is 29.1. The van der Waals surface area contributed by atoms with Crippen LogP contribution in [0.4, 0.5) is 10.8 Å². The lowest BCUT2D eigenvalue weighted by atomic mass is 9.95. The van der Waals surface area contributed by atoms with Gasteiger partial charge < -0.3 is 30.2 Å². The first-order valence-electron chi connectivity index (χ1n) is 12.9. The molecule has 1 aliphatic carbocycles. The van der Waals surface area contributed by atoms with Gasteiger partial charge in [0.25, 0.3) is 0 Å². The van der Waals surface area contributed by atoms with Gasteiger partial charge in [0.15, 0.2) is 16.6 Å². The van der Waals surface area contributed by atoms with Crippen LogP contribution in [0.3, 0.4) is 0 Å². The molecule has 0 spiro atoms. The van der Waals surface area contributed by atoms with Crippen LogP contribution in [0.25, 0.3) is 11.1 Å². The third-order valence-corrected chi connectivity index (χ3v) is 7.93. The Hall–Kier alpha value is -4.12. The number of anilines is 2. The number of carbonyl (C=O) groups excluding carboxylic acids is 2. The van der Waals surface area contributed by atoms with E-state index in [1.807, 2.05) is 26.0 Å². The van der Waals surface area contributed by atoms with Crippen LogP contribution in [0.5, 0.6) is 17.2 Å². The monoisotopic (exact) mass is 566 g/mol. The maximum absolute atomic E-state index is 13.5. The van der Waals surface area contributed by atoms with Crippen LogP contribution in [0.1, 0.15) is 48.0 Å². The quantitative estimate of drug-likeness (QED) is 0.367. The largest absolute Gasteiger partial charge is 0.493 e. The second kappa shape index (κ2) is 12.0. The fourth-order valence-electron chi connectivity index (χ4n) is 4.87. The zero-order valence-corrected chi connectivity index (χ0v) is 24.5. The Balaban J connectivity index is 1.80. The van der Waals surface area contributed by atoms with Crippen molar-refractivity contribution in [2.24, 2.45) is 0 Å². The number of hydrogen-bond donors (Lipinski definition) is 3. The molecule has 0 saturated carbocycles. The number of amides is 2. The maximum Gasteiger partial charge on any atom is 0.248 e. The zero-order valence-electron chi connectivity index (χ0n) is 23.7. The van der Waals surface area contributed by atoms with Gasteiger partial charge in [-0.25, -0.2) is 4.98 Å². The number of carbonyl (C=O) groups is 2. The average Bonchev–Trinajstić information content (AvgIpc) is 3.05. The third kappa shape index (κ3) is 5.74. The summed E-state index contributed by atoms with van der Waals surface area (Å²) in [5.74, 6) is 0.894. The molecule has 2 aromatic carbocycles. The minimum Gasteiger partial charge on any atom is -0.493 e. The maximum atomic E-state index is 13.5. The molecule has 1 aromatic heterocycles. The molecule has 0 saturated heterocycles. The van der Waals surface area contributed by atoms with Crippen molar-refractivity contribution in [3.63, 3.8) is 0 Å². The van der Waals surface area contributed by atoms with E-state index in [2.05, 4.69) is 20.9 Å². The molecular formula is C29H34N4O6S. The van der Waals surface area contributed by atoms with E-state index in [1.165, 1.54) is 31.4 Å². The van der Waals surface area contributed by atoms with Crippen molar-refractivity contribution in [3.8, 4) is 28.4 Å². The fourth-order valence-corrected chi connectivity index (χ4v) is 5.68. The number of rotatable bonds is 8. The molecule has 212 valence electrons. The summed E-state index contributed by atoms with van der Waals surface area (Å²) >= 11 is 1.40. The number of nitrogens with one attached hydrogen (secondary N) is 3. The topological polar surface area (TPSA) is 128 Å².